The average Bonchev–Trinajstić information content (AvgIpc) is 2.25. The summed E-state index contributed by atoms with van der Waals surface area (Å²) in [7, 11) is 0. The Hall–Kier alpha value is -0.670. The molecule has 0 aliphatic rings. The van der Waals surface area contributed by atoms with Crippen molar-refractivity contribution >= 4 is 15.9 Å². The van der Waals surface area contributed by atoms with Gasteiger partial charge < -0.3 is 5.32 Å². The SMILES string of the molecule is C=C(C)CC(NCCC)c1ccc(Br)cn1. The Balaban J connectivity index is 2.74. The largest absolute Gasteiger partial charge is 0.308 e. The fourth-order valence-corrected chi connectivity index (χ4v) is 1.78. The summed E-state index contributed by atoms with van der Waals surface area (Å²) in [5.41, 5.74) is 2.26. The molecule has 16 heavy (non-hydrogen) atoms. The van der Waals surface area contributed by atoms with Gasteiger partial charge in [0.05, 0.1) is 11.7 Å². The van der Waals surface area contributed by atoms with Crippen molar-refractivity contribution in [2.75, 3.05) is 6.54 Å². The minimum atomic E-state index is 0.283. The van der Waals surface area contributed by atoms with Crippen molar-refractivity contribution in [1.29, 1.82) is 0 Å². The van der Waals surface area contributed by atoms with Crippen LogP contribution in [0.4, 0.5) is 0 Å². The summed E-state index contributed by atoms with van der Waals surface area (Å²) in [6.45, 7) is 9.20. The number of aromatic nitrogens is 1. The second-order valence-electron chi connectivity index (χ2n) is 4.07. The maximum atomic E-state index is 4.43. The van der Waals surface area contributed by atoms with E-state index in [9.17, 15) is 0 Å². The van der Waals surface area contributed by atoms with Crippen molar-refractivity contribution in [2.45, 2.75) is 32.7 Å². The Labute approximate surface area is 106 Å². The zero-order chi connectivity index (χ0) is 12.0. The summed E-state index contributed by atoms with van der Waals surface area (Å²) < 4.78 is 1.01. The third-order valence-corrected chi connectivity index (χ3v) is 2.77. The summed E-state index contributed by atoms with van der Waals surface area (Å²) >= 11 is 3.40. The molecule has 0 spiro atoms. The van der Waals surface area contributed by atoms with Crippen LogP contribution >= 0.6 is 15.9 Å². The van der Waals surface area contributed by atoms with E-state index in [1.807, 2.05) is 12.3 Å². The highest BCUT2D eigenvalue weighted by Gasteiger charge is 2.11. The Morgan fingerprint density at radius 1 is 1.56 bits per heavy atom. The molecule has 0 radical (unpaired) electrons. The van der Waals surface area contributed by atoms with Crippen LogP contribution in [0.2, 0.25) is 0 Å². The fraction of sp³-hybridized carbons (Fsp3) is 0.462. The minimum absolute atomic E-state index is 0.283. The Kier molecular flexibility index (Phi) is 5.71. The molecule has 0 aromatic carbocycles. The van der Waals surface area contributed by atoms with Crippen molar-refractivity contribution in [2.24, 2.45) is 0 Å². The minimum Gasteiger partial charge on any atom is -0.308 e. The van der Waals surface area contributed by atoms with Crippen LogP contribution in [0.25, 0.3) is 0 Å². The van der Waals surface area contributed by atoms with E-state index in [1.54, 1.807) is 0 Å². The maximum absolute atomic E-state index is 4.43. The Morgan fingerprint density at radius 2 is 2.31 bits per heavy atom. The van der Waals surface area contributed by atoms with Gasteiger partial charge in [0, 0.05) is 10.7 Å². The lowest BCUT2D eigenvalue weighted by molar-refractivity contribution is 0.516. The second-order valence-corrected chi connectivity index (χ2v) is 4.98. The van der Waals surface area contributed by atoms with Gasteiger partial charge >= 0.3 is 0 Å². The third kappa shape index (κ3) is 4.45. The van der Waals surface area contributed by atoms with E-state index in [-0.39, 0.29) is 6.04 Å². The number of nitrogens with zero attached hydrogens (tertiary/aromatic N) is 1. The molecule has 1 aromatic rings. The lowest BCUT2D eigenvalue weighted by Crippen LogP contribution is -2.23. The van der Waals surface area contributed by atoms with Crippen LogP contribution in [0, 0.1) is 0 Å². The molecule has 0 amide bonds. The maximum Gasteiger partial charge on any atom is 0.0577 e. The van der Waals surface area contributed by atoms with Crippen LogP contribution in [0.15, 0.2) is 35.0 Å². The highest BCUT2D eigenvalue weighted by Crippen LogP contribution is 2.19. The summed E-state index contributed by atoms with van der Waals surface area (Å²) in [4.78, 5) is 4.43. The van der Waals surface area contributed by atoms with Crippen molar-refractivity contribution in [1.82, 2.24) is 10.3 Å². The van der Waals surface area contributed by atoms with E-state index in [4.69, 9.17) is 0 Å². The smallest absolute Gasteiger partial charge is 0.0577 e. The molecule has 88 valence electrons. The van der Waals surface area contributed by atoms with E-state index < -0.39 is 0 Å². The van der Waals surface area contributed by atoms with Gasteiger partial charge in [-0.15, -0.1) is 6.58 Å². The van der Waals surface area contributed by atoms with Gasteiger partial charge in [-0.3, -0.25) is 4.98 Å². The number of pyridine rings is 1. The summed E-state index contributed by atoms with van der Waals surface area (Å²) in [6.07, 6.45) is 3.91. The van der Waals surface area contributed by atoms with Gasteiger partial charge in [-0.05, 0) is 54.4 Å². The molecule has 0 bridgehead atoms. The van der Waals surface area contributed by atoms with Crippen LogP contribution in [-0.4, -0.2) is 11.5 Å². The van der Waals surface area contributed by atoms with Crippen molar-refractivity contribution in [3.63, 3.8) is 0 Å². The van der Waals surface area contributed by atoms with Gasteiger partial charge in [0.15, 0.2) is 0 Å². The molecular formula is C13H19BrN2. The van der Waals surface area contributed by atoms with Crippen molar-refractivity contribution in [3.8, 4) is 0 Å². The predicted molar refractivity (Wildman–Crippen MR) is 72.4 cm³/mol. The zero-order valence-electron chi connectivity index (χ0n) is 9.96. The predicted octanol–water partition coefficient (Wildman–Crippen LogP) is 3.85. The number of rotatable bonds is 6. The highest BCUT2D eigenvalue weighted by atomic mass is 79.9. The van der Waals surface area contributed by atoms with Gasteiger partial charge in [0.1, 0.15) is 0 Å². The number of nitrogens with one attached hydrogen (secondary N) is 1. The van der Waals surface area contributed by atoms with Crippen LogP contribution in [0.5, 0.6) is 0 Å². The second kappa shape index (κ2) is 6.81. The fourth-order valence-electron chi connectivity index (χ4n) is 1.54. The van der Waals surface area contributed by atoms with Gasteiger partial charge in [0.2, 0.25) is 0 Å². The Morgan fingerprint density at radius 3 is 2.81 bits per heavy atom. The summed E-state index contributed by atoms with van der Waals surface area (Å²) in [5.74, 6) is 0. The molecule has 0 aliphatic heterocycles. The lowest BCUT2D eigenvalue weighted by atomic mass is 10.0. The zero-order valence-corrected chi connectivity index (χ0v) is 11.5. The molecule has 3 heteroatoms. The van der Waals surface area contributed by atoms with Gasteiger partial charge in [-0.1, -0.05) is 12.5 Å². The van der Waals surface area contributed by atoms with E-state index in [0.29, 0.717) is 0 Å². The van der Waals surface area contributed by atoms with Crippen LogP contribution in [0.3, 0.4) is 0 Å². The molecule has 1 N–H and O–H groups in total. The molecule has 1 heterocycles. The quantitative estimate of drug-likeness (QED) is 0.802. The highest BCUT2D eigenvalue weighted by molar-refractivity contribution is 9.10. The molecule has 0 saturated heterocycles. The number of halogens is 1. The average molecular weight is 283 g/mol. The van der Waals surface area contributed by atoms with E-state index in [1.165, 1.54) is 5.57 Å². The normalized spacial score (nSPS) is 12.4. The number of hydrogen-bond donors (Lipinski definition) is 1. The Bertz CT molecular complexity index is 332. The van der Waals surface area contributed by atoms with Gasteiger partial charge in [0.25, 0.3) is 0 Å². The molecule has 1 rings (SSSR count). The monoisotopic (exact) mass is 282 g/mol. The number of hydrogen-bond acceptors (Lipinski definition) is 2. The molecule has 1 atom stereocenters. The van der Waals surface area contributed by atoms with E-state index in [0.717, 1.165) is 29.6 Å². The van der Waals surface area contributed by atoms with E-state index >= 15 is 0 Å². The first-order valence-electron chi connectivity index (χ1n) is 5.62. The summed E-state index contributed by atoms with van der Waals surface area (Å²) in [5, 5.41) is 3.50. The van der Waals surface area contributed by atoms with Gasteiger partial charge in [-0.2, -0.15) is 0 Å². The first-order valence-corrected chi connectivity index (χ1v) is 6.42. The standard InChI is InChI=1S/C13H19BrN2/c1-4-7-15-13(8-10(2)3)12-6-5-11(14)9-16-12/h5-6,9,13,15H,2,4,7-8H2,1,3H3. The molecule has 0 saturated carbocycles. The topological polar surface area (TPSA) is 24.9 Å². The van der Waals surface area contributed by atoms with Crippen LogP contribution in [0.1, 0.15) is 38.4 Å². The first kappa shape index (κ1) is 13.4. The van der Waals surface area contributed by atoms with Crippen LogP contribution in [-0.2, 0) is 0 Å². The molecule has 1 unspecified atom stereocenters. The molecular weight excluding hydrogens is 264 g/mol. The van der Waals surface area contributed by atoms with Gasteiger partial charge in [-0.25, -0.2) is 0 Å². The molecule has 0 fully saturated rings. The molecule has 0 aliphatic carbocycles. The van der Waals surface area contributed by atoms with Crippen LogP contribution < -0.4 is 5.32 Å². The molecule has 1 aromatic heterocycles. The van der Waals surface area contributed by atoms with Crippen molar-refractivity contribution in [3.05, 3.63) is 40.6 Å². The lowest BCUT2D eigenvalue weighted by Gasteiger charge is -2.18. The first-order chi connectivity index (χ1) is 7.63. The van der Waals surface area contributed by atoms with Crippen molar-refractivity contribution < 1.29 is 0 Å². The molecule has 2 nitrogen and oxygen atoms in total. The van der Waals surface area contributed by atoms with E-state index in [2.05, 4.69) is 52.7 Å². The summed E-state index contributed by atoms with van der Waals surface area (Å²) in [6, 6.07) is 4.37. The third-order valence-electron chi connectivity index (χ3n) is 2.30.